The molecule has 8 nitrogen and oxygen atoms in total. The van der Waals surface area contributed by atoms with Crippen molar-refractivity contribution in [3.8, 4) is 0 Å². The molecule has 0 amide bonds. The fourth-order valence-corrected chi connectivity index (χ4v) is 1.56. The largest absolute Gasteiger partial charge is 0.463 e. The lowest BCUT2D eigenvalue weighted by molar-refractivity contribution is -0.259. The summed E-state index contributed by atoms with van der Waals surface area (Å²) in [6, 6.07) is -1.07. The Bertz CT molecular complexity index is 319. The lowest BCUT2D eigenvalue weighted by atomic mass is 9.98. The zero-order chi connectivity index (χ0) is 13.9. The van der Waals surface area contributed by atoms with E-state index in [9.17, 15) is 19.8 Å². The normalized spacial score (nSPS) is 35.9. The first-order chi connectivity index (χ1) is 8.32. The van der Waals surface area contributed by atoms with Gasteiger partial charge in [0, 0.05) is 13.8 Å². The molecule has 4 N–H and O–H groups in total. The van der Waals surface area contributed by atoms with Gasteiger partial charge in [0.25, 0.3) is 0 Å². The van der Waals surface area contributed by atoms with Crippen molar-refractivity contribution < 1.29 is 34.0 Å². The van der Waals surface area contributed by atoms with E-state index in [1.807, 2.05) is 0 Å². The summed E-state index contributed by atoms with van der Waals surface area (Å²) in [5.41, 5.74) is 5.56. The molecule has 0 aromatic carbocycles. The molecular formula is C10H17NO7. The van der Waals surface area contributed by atoms with E-state index in [0.717, 1.165) is 6.92 Å². The van der Waals surface area contributed by atoms with Gasteiger partial charge in [-0.1, -0.05) is 0 Å². The first-order valence-corrected chi connectivity index (χ1v) is 5.40. The van der Waals surface area contributed by atoms with Gasteiger partial charge in [0.05, 0.1) is 6.04 Å². The SMILES string of the molecule is CC(=O)OCC1OC(OC(C)=O)C(N)C(O)C1O. The van der Waals surface area contributed by atoms with E-state index < -0.39 is 42.6 Å². The predicted octanol–water partition coefficient (Wildman–Crippen LogP) is -2.11. The van der Waals surface area contributed by atoms with Crippen LogP contribution in [0.3, 0.4) is 0 Å². The Morgan fingerprint density at radius 1 is 1.22 bits per heavy atom. The maximum absolute atomic E-state index is 10.8. The first-order valence-electron chi connectivity index (χ1n) is 5.40. The Hall–Kier alpha value is -1.22. The van der Waals surface area contributed by atoms with Crippen molar-refractivity contribution in [1.82, 2.24) is 0 Å². The minimum atomic E-state index is -1.34. The number of ether oxygens (including phenoxy) is 3. The maximum atomic E-state index is 10.8. The van der Waals surface area contributed by atoms with Crippen LogP contribution in [0.1, 0.15) is 13.8 Å². The fraction of sp³-hybridized carbons (Fsp3) is 0.800. The number of aliphatic hydroxyl groups excluding tert-OH is 2. The first kappa shape index (κ1) is 14.8. The Kier molecular flexibility index (Phi) is 5.03. The van der Waals surface area contributed by atoms with Gasteiger partial charge in [0.1, 0.15) is 24.9 Å². The lowest BCUT2D eigenvalue weighted by Gasteiger charge is -2.40. The highest BCUT2D eigenvalue weighted by Gasteiger charge is 2.44. The highest BCUT2D eigenvalue weighted by molar-refractivity contribution is 5.66. The summed E-state index contributed by atoms with van der Waals surface area (Å²) in [4.78, 5) is 21.5. The minimum Gasteiger partial charge on any atom is -0.463 e. The van der Waals surface area contributed by atoms with E-state index >= 15 is 0 Å². The van der Waals surface area contributed by atoms with E-state index in [2.05, 4.69) is 4.74 Å². The second-order valence-electron chi connectivity index (χ2n) is 4.01. The van der Waals surface area contributed by atoms with Crippen molar-refractivity contribution in [2.45, 2.75) is 44.5 Å². The van der Waals surface area contributed by atoms with Crippen molar-refractivity contribution >= 4 is 11.9 Å². The number of hydrogen-bond donors (Lipinski definition) is 3. The molecule has 1 heterocycles. The molecule has 0 bridgehead atoms. The van der Waals surface area contributed by atoms with E-state index in [4.69, 9.17) is 15.2 Å². The van der Waals surface area contributed by atoms with Crippen molar-refractivity contribution in [3.63, 3.8) is 0 Å². The second-order valence-corrected chi connectivity index (χ2v) is 4.01. The lowest BCUT2D eigenvalue weighted by Crippen LogP contribution is -2.62. The average Bonchev–Trinajstić information content (AvgIpc) is 2.27. The highest BCUT2D eigenvalue weighted by Crippen LogP contribution is 2.21. The molecule has 0 aliphatic carbocycles. The van der Waals surface area contributed by atoms with Crippen LogP contribution in [0, 0.1) is 0 Å². The molecule has 1 saturated heterocycles. The Labute approximate surface area is 104 Å². The monoisotopic (exact) mass is 263 g/mol. The van der Waals surface area contributed by atoms with Gasteiger partial charge in [-0.3, -0.25) is 9.59 Å². The van der Waals surface area contributed by atoms with E-state index in [0.29, 0.717) is 0 Å². The zero-order valence-corrected chi connectivity index (χ0v) is 10.1. The van der Waals surface area contributed by atoms with Crippen LogP contribution in [0.5, 0.6) is 0 Å². The van der Waals surface area contributed by atoms with Gasteiger partial charge in [-0.05, 0) is 0 Å². The van der Waals surface area contributed by atoms with Gasteiger partial charge in [-0.25, -0.2) is 0 Å². The van der Waals surface area contributed by atoms with Gasteiger partial charge in [0.15, 0.2) is 0 Å². The van der Waals surface area contributed by atoms with Crippen LogP contribution in [-0.4, -0.2) is 59.4 Å². The molecule has 18 heavy (non-hydrogen) atoms. The number of esters is 2. The quantitative estimate of drug-likeness (QED) is 0.493. The number of carbonyl (C=O) groups is 2. The Balaban J connectivity index is 2.67. The van der Waals surface area contributed by atoms with Crippen molar-refractivity contribution in [1.29, 1.82) is 0 Å². The standard InChI is InChI=1S/C10H17NO7/c1-4(12)16-3-6-8(14)9(15)7(11)10(18-6)17-5(2)13/h6-10,14-15H,3,11H2,1-2H3. The van der Waals surface area contributed by atoms with Crippen molar-refractivity contribution in [3.05, 3.63) is 0 Å². The maximum Gasteiger partial charge on any atom is 0.304 e. The molecule has 1 aliphatic rings. The molecule has 104 valence electrons. The molecule has 0 spiro atoms. The topological polar surface area (TPSA) is 128 Å². The Morgan fingerprint density at radius 2 is 1.83 bits per heavy atom. The van der Waals surface area contributed by atoms with E-state index in [1.165, 1.54) is 6.92 Å². The van der Waals surface area contributed by atoms with Gasteiger partial charge < -0.3 is 30.2 Å². The number of rotatable bonds is 3. The van der Waals surface area contributed by atoms with E-state index in [-0.39, 0.29) is 6.61 Å². The van der Waals surface area contributed by atoms with Crippen LogP contribution < -0.4 is 5.73 Å². The molecule has 1 aliphatic heterocycles. The molecule has 1 fully saturated rings. The summed E-state index contributed by atoms with van der Waals surface area (Å²) in [5.74, 6) is -1.19. The summed E-state index contributed by atoms with van der Waals surface area (Å²) < 4.78 is 14.6. The third kappa shape index (κ3) is 3.64. The molecule has 1 rings (SSSR count). The molecule has 0 aromatic rings. The second kappa shape index (κ2) is 6.10. The summed E-state index contributed by atoms with van der Waals surface area (Å²) >= 11 is 0. The van der Waals surface area contributed by atoms with Gasteiger partial charge in [-0.15, -0.1) is 0 Å². The minimum absolute atomic E-state index is 0.266. The molecular weight excluding hydrogens is 246 g/mol. The van der Waals surface area contributed by atoms with Gasteiger partial charge in [-0.2, -0.15) is 0 Å². The van der Waals surface area contributed by atoms with Crippen LogP contribution in [0.25, 0.3) is 0 Å². The molecule has 0 saturated carbocycles. The average molecular weight is 263 g/mol. The molecule has 5 atom stereocenters. The van der Waals surface area contributed by atoms with Gasteiger partial charge >= 0.3 is 11.9 Å². The predicted molar refractivity (Wildman–Crippen MR) is 57.0 cm³/mol. The van der Waals surface area contributed by atoms with Crippen LogP contribution in [0.2, 0.25) is 0 Å². The third-order valence-corrected chi connectivity index (χ3v) is 2.48. The van der Waals surface area contributed by atoms with Crippen LogP contribution in [0.15, 0.2) is 0 Å². The van der Waals surface area contributed by atoms with E-state index in [1.54, 1.807) is 0 Å². The smallest absolute Gasteiger partial charge is 0.304 e. The van der Waals surface area contributed by atoms with Crippen LogP contribution in [-0.2, 0) is 23.8 Å². The summed E-state index contributed by atoms with van der Waals surface area (Å²) in [5, 5.41) is 19.4. The van der Waals surface area contributed by atoms with Crippen molar-refractivity contribution in [2.75, 3.05) is 6.61 Å². The fourth-order valence-electron chi connectivity index (χ4n) is 1.56. The van der Waals surface area contributed by atoms with Gasteiger partial charge in [0.2, 0.25) is 6.29 Å². The number of carbonyl (C=O) groups excluding carboxylic acids is 2. The number of hydrogen-bond acceptors (Lipinski definition) is 8. The number of nitrogens with two attached hydrogens (primary N) is 1. The molecule has 5 unspecified atom stereocenters. The van der Waals surface area contributed by atoms with Crippen LogP contribution in [0.4, 0.5) is 0 Å². The Morgan fingerprint density at radius 3 is 2.33 bits per heavy atom. The molecule has 0 radical (unpaired) electrons. The van der Waals surface area contributed by atoms with Crippen molar-refractivity contribution in [2.24, 2.45) is 5.73 Å². The summed E-state index contributed by atoms with van der Waals surface area (Å²) in [6.07, 6.45) is -4.87. The summed E-state index contributed by atoms with van der Waals surface area (Å²) in [7, 11) is 0. The summed E-state index contributed by atoms with van der Waals surface area (Å²) in [6.45, 7) is 2.09. The molecule has 8 heteroatoms. The molecule has 0 aromatic heterocycles. The highest BCUT2D eigenvalue weighted by atomic mass is 16.7. The number of aliphatic hydroxyl groups is 2. The zero-order valence-electron chi connectivity index (χ0n) is 10.1. The van der Waals surface area contributed by atoms with Crippen LogP contribution >= 0.6 is 0 Å². The third-order valence-electron chi connectivity index (χ3n) is 2.48.